The minimum absolute atomic E-state index is 0.0209. The number of fused-ring (bicyclic) bond motifs is 1. The van der Waals surface area contributed by atoms with Gasteiger partial charge >= 0.3 is 5.97 Å². The van der Waals surface area contributed by atoms with Crippen LogP contribution in [0.25, 0.3) is 0 Å². The fraction of sp³-hybridized carbons (Fsp3) is 0.417. The number of ether oxygens (including phenoxy) is 6. The predicted molar refractivity (Wildman–Crippen MR) is 134 cm³/mol. The first-order valence-corrected chi connectivity index (χ1v) is 12.5. The van der Waals surface area contributed by atoms with Crippen molar-refractivity contribution in [3.05, 3.63) is 51.1 Å². The van der Waals surface area contributed by atoms with Gasteiger partial charge in [-0.05, 0) is 30.6 Å². The van der Waals surface area contributed by atoms with Crippen molar-refractivity contribution in [1.29, 1.82) is 0 Å². The fourth-order valence-corrected chi connectivity index (χ4v) is 4.15. The van der Waals surface area contributed by atoms with E-state index in [-0.39, 0.29) is 42.8 Å². The Labute approximate surface area is 217 Å². The average Bonchev–Trinajstić information content (AvgIpc) is 2.92. The first kappa shape index (κ1) is 27.9. The number of methoxy groups -OCH3 is 3. The van der Waals surface area contributed by atoms with E-state index >= 15 is 0 Å². The lowest BCUT2D eigenvalue weighted by atomic mass is 10.1. The standard InChI is InChI=1S/C24H28N2O10S/c1-31-19-9-14(10-20(32-2)22(19)33-3)23(27)25-18(5-6-37-4)24(28)35-12-16-8-17(26(29)30)7-15-11-34-13-36-21(15)16/h7-10,18H,5-6,11-13H2,1-4H3,(H,25,27)/t18-/m1/s1. The molecule has 0 saturated heterocycles. The molecular weight excluding hydrogens is 508 g/mol. The number of nitro benzene ring substituents is 1. The highest BCUT2D eigenvalue weighted by Gasteiger charge is 2.26. The Bertz CT molecular complexity index is 1130. The number of nitrogens with zero attached hydrogens (tertiary/aromatic N) is 1. The summed E-state index contributed by atoms with van der Waals surface area (Å²) in [6.07, 6.45) is 2.17. The number of rotatable bonds is 12. The topological polar surface area (TPSA) is 145 Å². The van der Waals surface area contributed by atoms with Crippen LogP contribution in [0.1, 0.15) is 27.9 Å². The first-order valence-electron chi connectivity index (χ1n) is 11.1. The van der Waals surface area contributed by atoms with Crippen LogP contribution < -0.4 is 24.3 Å². The zero-order valence-electron chi connectivity index (χ0n) is 20.9. The van der Waals surface area contributed by atoms with Gasteiger partial charge in [0.05, 0.1) is 32.9 Å². The summed E-state index contributed by atoms with van der Waals surface area (Å²) in [6, 6.07) is 4.63. The molecule has 1 aliphatic rings. The quantitative estimate of drug-likeness (QED) is 0.243. The molecule has 0 radical (unpaired) electrons. The second-order valence-electron chi connectivity index (χ2n) is 7.79. The molecule has 0 aromatic heterocycles. The van der Waals surface area contributed by atoms with E-state index in [4.69, 9.17) is 28.4 Å². The molecule has 0 saturated carbocycles. The van der Waals surface area contributed by atoms with Crippen molar-refractivity contribution in [2.45, 2.75) is 25.7 Å². The Morgan fingerprint density at radius 3 is 2.43 bits per heavy atom. The zero-order valence-corrected chi connectivity index (χ0v) is 21.7. The molecular formula is C24H28N2O10S. The molecule has 0 spiro atoms. The lowest BCUT2D eigenvalue weighted by molar-refractivity contribution is -0.385. The number of esters is 1. The van der Waals surface area contributed by atoms with Crippen LogP contribution in [0.5, 0.6) is 23.0 Å². The van der Waals surface area contributed by atoms with Gasteiger partial charge in [0.25, 0.3) is 11.6 Å². The molecule has 1 amide bonds. The molecule has 1 N–H and O–H groups in total. The molecule has 200 valence electrons. The molecule has 0 fully saturated rings. The molecule has 1 heterocycles. The number of amides is 1. The summed E-state index contributed by atoms with van der Waals surface area (Å²) in [4.78, 5) is 36.9. The van der Waals surface area contributed by atoms with Crippen molar-refractivity contribution in [1.82, 2.24) is 5.32 Å². The summed E-state index contributed by atoms with van der Waals surface area (Å²) in [5.41, 5.74) is 0.840. The number of thioether (sulfide) groups is 1. The summed E-state index contributed by atoms with van der Waals surface area (Å²) >= 11 is 1.50. The van der Waals surface area contributed by atoms with Gasteiger partial charge in [0.2, 0.25) is 5.75 Å². The largest absolute Gasteiger partial charge is 0.493 e. The minimum Gasteiger partial charge on any atom is -0.493 e. The molecule has 12 nitrogen and oxygen atoms in total. The van der Waals surface area contributed by atoms with Gasteiger partial charge in [0.15, 0.2) is 18.3 Å². The van der Waals surface area contributed by atoms with Gasteiger partial charge in [-0.2, -0.15) is 11.8 Å². The van der Waals surface area contributed by atoms with Crippen molar-refractivity contribution >= 4 is 29.3 Å². The Balaban J connectivity index is 1.79. The van der Waals surface area contributed by atoms with Crippen LogP contribution >= 0.6 is 11.8 Å². The van der Waals surface area contributed by atoms with Gasteiger partial charge in [0.1, 0.15) is 18.4 Å². The normalized spacial score (nSPS) is 13.0. The average molecular weight is 537 g/mol. The van der Waals surface area contributed by atoms with Crippen LogP contribution in [0.2, 0.25) is 0 Å². The number of non-ortho nitro benzene ring substituents is 1. The van der Waals surface area contributed by atoms with E-state index in [0.29, 0.717) is 34.8 Å². The van der Waals surface area contributed by atoms with Gasteiger partial charge in [0, 0.05) is 28.8 Å². The number of nitrogens with one attached hydrogen (secondary N) is 1. The second kappa shape index (κ2) is 13.0. The maximum absolute atomic E-state index is 13.1. The van der Waals surface area contributed by atoms with Crippen molar-refractivity contribution in [2.24, 2.45) is 0 Å². The van der Waals surface area contributed by atoms with Gasteiger partial charge in [-0.15, -0.1) is 0 Å². The third kappa shape index (κ3) is 6.74. The van der Waals surface area contributed by atoms with E-state index in [1.807, 2.05) is 6.26 Å². The van der Waals surface area contributed by atoms with E-state index in [2.05, 4.69) is 5.32 Å². The molecule has 1 aliphatic heterocycles. The number of benzene rings is 2. The molecule has 37 heavy (non-hydrogen) atoms. The summed E-state index contributed by atoms with van der Waals surface area (Å²) in [6.45, 7) is -0.162. The van der Waals surface area contributed by atoms with Crippen LogP contribution in [-0.2, 0) is 27.5 Å². The second-order valence-corrected chi connectivity index (χ2v) is 8.78. The zero-order chi connectivity index (χ0) is 26.9. The first-order chi connectivity index (χ1) is 17.8. The van der Waals surface area contributed by atoms with Crippen molar-refractivity contribution in [2.75, 3.05) is 40.1 Å². The summed E-state index contributed by atoms with van der Waals surface area (Å²) in [5, 5.41) is 14.0. The molecule has 1 atom stereocenters. The Kier molecular flexibility index (Phi) is 9.80. The van der Waals surface area contributed by atoms with Crippen LogP contribution in [0.4, 0.5) is 5.69 Å². The number of carbonyl (C=O) groups excluding carboxylic acids is 2. The van der Waals surface area contributed by atoms with Crippen LogP contribution in [-0.4, -0.2) is 63.0 Å². The molecule has 0 aliphatic carbocycles. The van der Waals surface area contributed by atoms with Crippen LogP contribution in [0.3, 0.4) is 0 Å². The SMILES string of the molecule is COc1cc(C(=O)N[C@H](CCSC)C(=O)OCc2cc([N+](=O)[O-])cc3c2OCOC3)cc(OC)c1OC. The minimum atomic E-state index is -0.974. The number of nitro groups is 1. The maximum atomic E-state index is 13.1. The lowest BCUT2D eigenvalue weighted by Crippen LogP contribution is -2.42. The molecule has 2 aromatic carbocycles. The van der Waals surface area contributed by atoms with Gasteiger partial charge in [-0.3, -0.25) is 14.9 Å². The summed E-state index contributed by atoms with van der Waals surface area (Å²) in [7, 11) is 4.31. The molecule has 2 aromatic rings. The predicted octanol–water partition coefficient (Wildman–Crippen LogP) is 3.08. The van der Waals surface area contributed by atoms with Gasteiger partial charge in [-0.25, -0.2) is 4.79 Å². The summed E-state index contributed by atoms with van der Waals surface area (Å²) < 4.78 is 32.0. The molecule has 3 rings (SSSR count). The Morgan fingerprint density at radius 2 is 1.84 bits per heavy atom. The number of hydrogen-bond donors (Lipinski definition) is 1. The summed E-state index contributed by atoms with van der Waals surface area (Å²) in [5.74, 6) is 0.615. The van der Waals surface area contributed by atoms with E-state index in [9.17, 15) is 19.7 Å². The van der Waals surface area contributed by atoms with E-state index in [1.54, 1.807) is 0 Å². The monoisotopic (exact) mass is 536 g/mol. The van der Waals surface area contributed by atoms with Crippen molar-refractivity contribution in [3.8, 4) is 23.0 Å². The number of carbonyl (C=O) groups is 2. The Morgan fingerprint density at radius 1 is 1.14 bits per heavy atom. The van der Waals surface area contributed by atoms with Gasteiger partial charge < -0.3 is 33.7 Å². The van der Waals surface area contributed by atoms with Gasteiger partial charge in [-0.1, -0.05) is 0 Å². The molecule has 0 unspecified atom stereocenters. The Hall–Kier alpha value is -3.71. The van der Waals surface area contributed by atoms with Crippen molar-refractivity contribution < 1.29 is 42.9 Å². The smallest absolute Gasteiger partial charge is 0.329 e. The molecule has 0 bridgehead atoms. The van der Waals surface area contributed by atoms with E-state index < -0.39 is 22.8 Å². The van der Waals surface area contributed by atoms with E-state index in [0.717, 1.165) is 0 Å². The highest BCUT2D eigenvalue weighted by Crippen LogP contribution is 2.38. The van der Waals surface area contributed by atoms with Crippen LogP contribution in [0, 0.1) is 10.1 Å². The third-order valence-electron chi connectivity index (χ3n) is 5.48. The fourth-order valence-electron chi connectivity index (χ4n) is 3.68. The van der Waals surface area contributed by atoms with Crippen molar-refractivity contribution in [3.63, 3.8) is 0 Å². The van der Waals surface area contributed by atoms with Crippen LogP contribution in [0.15, 0.2) is 24.3 Å². The third-order valence-corrected chi connectivity index (χ3v) is 6.12. The maximum Gasteiger partial charge on any atom is 0.329 e. The highest BCUT2D eigenvalue weighted by atomic mass is 32.2. The number of hydrogen-bond acceptors (Lipinski definition) is 11. The highest BCUT2D eigenvalue weighted by molar-refractivity contribution is 7.98. The molecule has 13 heteroatoms. The van der Waals surface area contributed by atoms with E-state index in [1.165, 1.54) is 57.4 Å². The lowest BCUT2D eigenvalue weighted by Gasteiger charge is -2.22.